The molecule has 0 heterocycles. The lowest BCUT2D eigenvalue weighted by atomic mass is 10.1. The zero-order valence-electron chi connectivity index (χ0n) is 10.6. The van der Waals surface area contributed by atoms with Crippen molar-refractivity contribution >= 4 is 0 Å². The lowest BCUT2D eigenvalue weighted by Crippen LogP contribution is -2.17. The molecule has 1 N–H and O–H groups in total. The van der Waals surface area contributed by atoms with Crippen molar-refractivity contribution in [3.8, 4) is 12.3 Å². The van der Waals surface area contributed by atoms with Crippen molar-refractivity contribution in [2.45, 2.75) is 19.5 Å². The average Bonchev–Trinajstić information content (AvgIpc) is 2.46. The summed E-state index contributed by atoms with van der Waals surface area (Å²) in [5.74, 6) is 2.62. The molecule has 1 heteroatoms. The SMILES string of the molecule is C#Cc1ccc(CNC(C)c2ccccc2)cc1. The number of benzene rings is 2. The number of terminal acetylenes is 1. The first-order valence-corrected chi connectivity index (χ1v) is 6.13. The third-order valence-corrected chi connectivity index (χ3v) is 3.03. The predicted octanol–water partition coefficient (Wildman–Crippen LogP) is 3.52. The number of rotatable bonds is 4. The minimum atomic E-state index is 0.346. The van der Waals surface area contributed by atoms with Crippen LogP contribution in [-0.4, -0.2) is 0 Å². The van der Waals surface area contributed by atoms with E-state index in [1.54, 1.807) is 0 Å². The van der Waals surface area contributed by atoms with Gasteiger partial charge in [0.25, 0.3) is 0 Å². The third-order valence-electron chi connectivity index (χ3n) is 3.03. The Labute approximate surface area is 109 Å². The standard InChI is InChI=1S/C17H17N/c1-3-15-9-11-16(12-10-15)13-18-14(2)17-7-5-4-6-8-17/h1,4-12,14,18H,13H2,2H3. The van der Waals surface area contributed by atoms with E-state index in [1.807, 2.05) is 18.2 Å². The van der Waals surface area contributed by atoms with Gasteiger partial charge in [-0.25, -0.2) is 0 Å². The average molecular weight is 235 g/mol. The summed E-state index contributed by atoms with van der Waals surface area (Å²) in [5, 5.41) is 3.50. The Bertz CT molecular complexity index is 520. The van der Waals surface area contributed by atoms with Crippen LogP contribution in [0.5, 0.6) is 0 Å². The Morgan fingerprint density at radius 1 is 1.06 bits per heavy atom. The van der Waals surface area contributed by atoms with Gasteiger partial charge in [0.15, 0.2) is 0 Å². The number of hydrogen-bond donors (Lipinski definition) is 1. The fourth-order valence-electron chi connectivity index (χ4n) is 1.85. The van der Waals surface area contributed by atoms with Gasteiger partial charge in [0.05, 0.1) is 0 Å². The van der Waals surface area contributed by atoms with Gasteiger partial charge < -0.3 is 5.32 Å². The maximum absolute atomic E-state index is 5.33. The van der Waals surface area contributed by atoms with Gasteiger partial charge >= 0.3 is 0 Å². The van der Waals surface area contributed by atoms with Crippen LogP contribution in [0.2, 0.25) is 0 Å². The van der Waals surface area contributed by atoms with Gasteiger partial charge in [-0.1, -0.05) is 48.4 Å². The summed E-state index contributed by atoms with van der Waals surface area (Å²) in [6, 6.07) is 18.9. The molecule has 1 unspecified atom stereocenters. The van der Waals surface area contributed by atoms with Gasteiger partial charge in [0.1, 0.15) is 0 Å². The van der Waals surface area contributed by atoms with Crippen molar-refractivity contribution in [1.29, 1.82) is 0 Å². The smallest absolute Gasteiger partial charge is 0.0294 e. The van der Waals surface area contributed by atoms with E-state index in [-0.39, 0.29) is 0 Å². The maximum Gasteiger partial charge on any atom is 0.0294 e. The van der Waals surface area contributed by atoms with Crippen molar-refractivity contribution < 1.29 is 0 Å². The molecule has 2 aromatic carbocycles. The Kier molecular flexibility index (Phi) is 4.17. The molecular weight excluding hydrogens is 218 g/mol. The zero-order valence-corrected chi connectivity index (χ0v) is 10.6. The fraction of sp³-hybridized carbons (Fsp3) is 0.176. The van der Waals surface area contributed by atoms with E-state index in [0.29, 0.717) is 6.04 Å². The predicted molar refractivity (Wildman–Crippen MR) is 76.1 cm³/mol. The minimum Gasteiger partial charge on any atom is -0.306 e. The molecule has 0 radical (unpaired) electrons. The van der Waals surface area contributed by atoms with Crippen LogP contribution in [0, 0.1) is 12.3 Å². The molecule has 0 aromatic heterocycles. The van der Waals surface area contributed by atoms with Crippen LogP contribution in [0.4, 0.5) is 0 Å². The second kappa shape index (κ2) is 6.05. The van der Waals surface area contributed by atoms with Crippen LogP contribution >= 0.6 is 0 Å². The lowest BCUT2D eigenvalue weighted by molar-refractivity contribution is 0.575. The van der Waals surface area contributed by atoms with Crippen molar-refractivity contribution in [1.82, 2.24) is 5.32 Å². The molecule has 1 atom stereocenters. The van der Waals surface area contributed by atoms with Crippen LogP contribution in [0.25, 0.3) is 0 Å². The molecule has 1 nitrogen and oxygen atoms in total. The maximum atomic E-state index is 5.33. The first-order valence-electron chi connectivity index (χ1n) is 6.13. The van der Waals surface area contributed by atoms with Crippen molar-refractivity contribution in [3.05, 3.63) is 71.3 Å². The molecule has 90 valence electrons. The lowest BCUT2D eigenvalue weighted by Gasteiger charge is -2.14. The second-order valence-corrected chi connectivity index (χ2v) is 4.35. The molecule has 0 aliphatic heterocycles. The summed E-state index contributed by atoms with van der Waals surface area (Å²) >= 11 is 0. The summed E-state index contributed by atoms with van der Waals surface area (Å²) in [6.45, 7) is 3.02. The summed E-state index contributed by atoms with van der Waals surface area (Å²) < 4.78 is 0. The quantitative estimate of drug-likeness (QED) is 0.799. The highest BCUT2D eigenvalue weighted by Gasteiger charge is 2.03. The van der Waals surface area contributed by atoms with E-state index in [0.717, 1.165) is 12.1 Å². The van der Waals surface area contributed by atoms with Crippen molar-refractivity contribution in [2.24, 2.45) is 0 Å². The summed E-state index contributed by atoms with van der Waals surface area (Å²) in [7, 11) is 0. The van der Waals surface area contributed by atoms with Crippen molar-refractivity contribution in [3.63, 3.8) is 0 Å². The van der Waals surface area contributed by atoms with Gasteiger partial charge in [-0.15, -0.1) is 6.42 Å². The van der Waals surface area contributed by atoms with Gasteiger partial charge in [0, 0.05) is 18.2 Å². The fourth-order valence-corrected chi connectivity index (χ4v) is 1.85. The molecular formula is C17H17N. The normalized spacial score (nSPS) is 11.8. The minimum absolute atomic E-state index is 0.346. The van der Waals surface area contributed by atoms with E-state index in [9.17, 15) is 0 Å². The van der Waals surface area contributed by atoms with E-state index < -0.39 is 0 Å². The zero-order chi connectivity index (χ0) is 12.8. The third kappa shape index (κ3) is 3.23. The van der Waals surface area contributed by atoms with Crippen LogP contribution in [0.15, 0.2) is 54.6 Å². The first kappa shape index (κ1) is 12.4. The molecule has 0 fully saturated rings. The summed E-state index contributed by atoms with van der Waals surface area (Å²) in [4.78, 5) is 0. The van der Waals surface area contributed by atoms with Crippen LogP contribution in [-0.2, 0) is 6.54 Å². The summed E-state index contributed by atoms with van der Waals surface area (Å²) in [5.41, 5.74) is 3.48. The molecule has 0 aliphatic carbocycles. The Morgan fingerprint density at radius 3 is 2.33 bits per heavy atom. The monoisotopic (exact) mass is 235 g/mol. The Morgan fingerprint density at radius 2 is 1.72 bits per heavy atom. The molecule has 0 saturated heterocycles. The van der Waals surface area contributed by atoms with E-state index in [1.165, 1.54) is 11.1 Å². The highest BCUT2D eigenvalue weighted by Crippen LogP contribution is 2.12. The first-order chi connectivity index (χ1) is 8.79. The molecule has 18 heavy (non-hydrogen) atoms. The summed E-state index contributed by atoms with van der Waals surface area (Å²) in [6.07, 6.45) is 5.33. The molecule has 0 spiro atoms. The molecule has 0 aliphatic rings. The highest BCUT2D eigenvalue weighted by atomic mass is 14.9. The molecule has 0 saturated carbocycles. The molecule has 2 rings (SSSR count). The van der Waals surface area contributed by atoms with Crippen LogP contribution < -0.4 is 5.32 Å². The van der Waals surface area contributed by atoms with Gasteiger partial charge in [-0.05, 0) is 30.2 Å². The largest absolute Gasteiger partial charge is 0.306 e. The van der Waals surface area contributed by atoms with E-state index in [2.05, 4.69) is 54.6 Å². The molecule has 2 aromatic rings. The van der Waals surface area contributed by atoms with Gasteiger partial charge in [-0.3, -0.25) is 0 Å². The van der Waals surface area contributed by atoms with E-state index >= 15 is 0 Å². The number of nitrogens with one attached hydrogen (secondary N) is 1. The second-order valence-electron chi connectivity index (χ2n) is 4.35. The topological polar surface area (TPSA) is 12.0 Å². The van der Waals surface area contributed by atoms with E-state index in [4.69, 9.17) is 6.42 Å². The Hall–Kier alpha value is -2.04. The number of hydrogen-bond acceptors (Lipinski definition) is 1. The Balaban J connectivity index is 1.93. The van der Waals surface area contributed by atoms with Crippen LogP contribution in [0.1, 0.15) is 29.7 Å². The molecule has 0 bridgehead atoms. The van der Waals surface area contributed by atoms with Crippen molar-refractivity contribution in [2.75, 3.05) is 0 Å². The van der Waals surface area contributed by atoms with Gasteiger partial charge in [0.2, 0.25) is 0 Å². The molecule has 0 amide bonds. The van der Waals surface area contributed by atoms with Crippen LogP contribution in [0.3, 0.4) is 0 Å². The highest BCUT2D eigenvalue weighted by molar-refractivity contribution is 5.34. The van der Waals surface area contributed by atoms with Gasteiger partial charge in [-0.2, -0.15) is 0 Å².